The molecular formula is C16H20N2O. The third kappa shape index (κ3) is 2.49. The van der Waals surface area contributed by atoms with E-state index in [0.717, 1.165) is 29.7 Å². The normalized spacial score (nSPS) is 16.9. The number of anilines is 1. The first kappa shape index (κ1) is 13.6. The fraction of sp³-hybridized carbons (Fsp3) is 0.500. The molecule has 3 heteroatoms. The van der Waals surface area contributed by atoms with Crippen LogP contribution in [0, 0.1) is 37.5 Å². The highest BCUT2D eigenvalue weighted by molar-refractivity contribution is 5.98. The van der Waals surface area contributed by atoms with Gasteiger partial charge in [-0.2, -0.15) is 5.26 Å². The maximum atomic E-state index is 12.4. The summed E-state index contributed by atoms with van der Waals surface area (Å²) in [7, 11) is 0. The van der Waals surface area contributed by atoms with Crippen LogP contribution in [-0.2, 0) is 4.79 Å². The van der Waals surface area contributed by atoms with Crippen molar-refractivity contribution in [2.24, 2.45) is 5.41 Å². The monoisotopic (exact) mass is 256 g/mol. The summed E-state index contributed by atoms with van der Waals surface area (Å²) in [6, 6.07) is 6.34. The predicted molar refractivity (Wildman–Crippen MR) is 75.8 cm³/mol. The maximum Gasteiger partial charge on any atom is 0.244 e. The molecule has 1 aromatic rings. The van der Waals surface area contributed by atoms with E-state index in [-0.39, 0.29) is 5.91 Å². The number of nitrogens with one attached hydrogen (secondary N) is 1. The largest absolute Gasteiger partial charge is 0.324 e. The average Bonchev–Trinajstić information content (AvgIpc) is 2.83. The lowest BCUT2D eigenvalue weighted by Crippen LogP contribution is -2.32. The minimum atomic E-state index is -0.816. The van der Waals surface area contributed by atoms with Crippen LogP contribution in [0.5, 0.6) is 0 Å². The quantitative estimate of drug-likeness (QED) is 0.878. The second kappa shape index (κ2) is 5.05. The smallest absolute Gasteiger partial charge is 0.244 e. The molecular weight excluding hydrogens is 236 g/mol. The summed E-state index contributed by atoms with van der Waals surface area (Å²) < 4.78 is 0. The molecule has 0 aromatic heterocycles. The molecule has 19 heavy (non-hydrogen) atoms. The van der Waals surface area contributed by atoms with Gasteiger partial charge in [0.2, 0.25) is 5.91 Å². The van der Waals surface area contributed by atoms with Crippen molar-refractivity contribution in [1.82, 2.24) is 0 Å². The summed E-state index contributed by atoms with van der Waals surface area (Å²) in [6.45, 7) is 6.02. The number of nitrogens with zero attached hydrogens (tertiary/aromatic N) is 1. The lowest BCUT2D eigenvalue weighted by Gasteiger charge is -2.21. The van der Waals surface area contributed by atoms with E-state index >= 15 is 0 Å². The molecule has 1 aliphatic carbocycles. The third-order valence-electron chi connectivity index (χ3n) is 4.02. The van der Waals surface area contributed by atoms with E-state index in [4.69, 9.17) is 0 Å². The molecule has 100 valence electrons. The molecule has 1 aliphatic rings. The minimum absolute atomic E-state index is 0.137. The molecule has 3 nitrogen and oxygen atoms in total. The second-order valence-electron chi connectivity index (χ2n) is 5.63. The van der Waals surface area contributed by atoms with Crippen LogP contribution in [0.15, 0.2) is 12.1 Å². The van der Waals surface area contributed by atoms with Crippen LogP contribution in [0.25, 0.3) is 0 Å². The predicted octanol–water partition coefficient (Wildman–Crippen LogP) is 3.63. The molecule has 2 rings (SSSR count). The van der Waals surface area contributed by atoms with E-state index in [0.29, 0.717) is 12.8 Å². The molecule has 1 N–H and O–H groups in total. The van der Waals surface area contributed by atoms with E-state index in [9.17, 15) is 10.1 Å². The number of aryl methyl sites for hydroxylation is 3. The Kier molecular flexibility index (Phi) is 3.61. The van der Waals surface area contributed by atoms with Crippen LogP contribution in [0.3, 0.4) is 0 Å². The number of hydrogen-bond donors (Lipinski definition) is 1. The highest BCUT2D eigenvalue weighted by Gasteiger charge is 2.41. The Morgan fingerprint density at radius 2 is 1.74 bits per heavy atom. The fourth-order valence-corrected chi connectivity index (χ4v) is 2.98. The van der Waals surface area contributed by atoms with E-state index in [2.05, 4.69) is 23.5 Å². The maximum absolute atomic E-state index is 12.4. The lowest BCUT2D eigenvalue weighted by molar-refractivity contribution is -0.122. The van der Waals surface area contributed by atoms with E-state index < -0.39 is 5.41 Å². The van der Waals surface area contributed by atoms with Crippen molar-refractivity contribution in [3.63, 3.8) is 0 Å². The number of carbonyl (C=O) groups excluding carboxylic acids is 1. The molecule has 0 bridgehead atoms. The zero-order valence-electron chi connectivity index (χ0n) is 11.8. The Bertz CT molecular complexity index is 525. The van der Waals surface area contributed by atoms with Gasteiger partial charge in [0.1, 0.15) is 5.41 Å². The zero-order chi connectivity index (χ0) is 14.0. The molecule has 1 saturated carbocycles. The summed E-state index contributed by atoms with van der Waals surface area (Å²) in [5, 5.41) is 12.3. The summed E-state index contributed by atoms with van der Waals surface area (Å²) in [4.78, 5) is 12.4. The van der Waals surface area contributed by atoms with Gasteiger partial charge in [-0.3, -0.25) is 4.79 Å². The van der Waals surface area contributed by atoms with Gasteiger partial charge in [-0.15, -0.1) is 0 Å². The summed E-state index contributed by atoms with van der Waals surface area (Å²) >= 11 is 0. The fourth-order valence-electron chi connectivity index (χ4n) is 2.98. The first-order valence-corrected chi connectivity index (χ1v) is 6.79. The van der Waals surface area contributed by atoms with Crippen LogP contribution in [0.4, 0.5) is 5.69 Å². The first-order valence-electron chi connectivity index (χ1n) is 6.79. The van der Waals surface area contributed by atoms with Gasteiger partial charge in [0.25, 0.3) is 0 Å². The number of amides is 1. The molecule has 1 amide bonds. The molecule has 0 heterocycles. The Balaban J connectivity index is 2.27. The van der Waals surface area contributed by atoms with Gasteiger partial charge in [-0.1, -0.05) is 30.5 Å². The van der Waals surface area contributed by atoms with Gasteiger partial charge in [0.05, 0.1) is 6.07 Å². The van der Waals surface area contributed by atoms with Crippen molar-refractivity contribution >= 4 is 11.6 Å². The summed E-state index contributed by atoms with van der Waals surface area (Å²) in [5.74, 6) is -0.137. The Hall–Kier alpha value is -1.82. The van der Waals surface area contributed by atoms with Gasteiger partial charge in [0.15, 0.2) is 0 Å². The van der Waals surface area contributed by atoms with Gasteiger partial charge in [0, 0.05) is 5.69 Å². The van der Waals surface area contributed by atoms with E-state index in [1.807, 2.05) is 20.8 Å². The van der Waals surface area contributed by atoms with Gasteiger partial charge in [-0.25, -0.2) is 0 Å². The summed E-state index contributed by atoms with van der Waals surface area (Å²) in [5.41, 5.74) is 3.33. The molecule has 1 aromatic carbocycles. The van der Waals surface area contributed by atoms with Crippen molar-refractivity contribution in [3.05, 3.63) is 28.8 Å². The van der Waals surface area contributed by atoms with Gasteiger partial charge < -0.3 is 5.32 Å². The van der Waals surface area contributed by atoms with Gasteiger partial charge >= 0.3 is 0 Å². The van der Waals surface area contributed by atoms with Crippen LogP contribution >= 0.6 is 0 Å². The number of nitriles is 1. The molecule has 0 spiro atoms. The van der Waals surface area contributed by atoms with Crippen molar-refractivity contribution < 1.29 is 4.79 Å². The Labute approximate surface area is 114 Å². The van der Waals surface area contributed by atoms with Crippen LogP contribution < -0.4 is 5.32 Å². The summed E-state index contributed by atoms with van der Waals surface area (Å²) in [6.07, 6.45) is 3.29. The van der Waals surface area contributed by atoms with Crippen molar-refractivity contribution in [2.45, 2.75) is 46.5 Å². The van der Waals surface area contributed by atoms with E-state index in [1.165, 1.54) is 5.56 Å². The number of rotatable bonds is 2. The van der Waals surface area contributed by atoms with Gasteiger partial charge in [-0.05, 0) is 44.7 Å². The standard InChI is InChI=1S/C16H20N2O/c1-11-8-12(2)14(13(3)9-11)18-15(19)16(10-17)6-4-5-7-16/h8-9H,4-7H2,1-3H3,(H,18,19). The zero-order valence-corrected chi connectivity index (χ0v) is 11.8. The SMILES string of the molecule is Cc1cc(C)c(NC(=O)C2(C#N)CCCC2)c(C)c1. The minimum Gasteiger partial charge on any atom is -0.324 e. The lowest BCUT2D eigenvalue weighted by atomic mass is 9.86. The first-order chi connectivity index (χ1) is 8.98. The number of carbonyl (C=O) groups is 1. The van der Waals surface area contributed by atoms with Crippen LogP contribution in [0.2, 0.25) is 0 Å². The molecule has 0 radical (unpaired) electrons. The third-order valence-corrected chi connectivity index (χ3v) is 4.02. The Morgan fingerprint density at radius 3 is 2.21 bits per heavy atom. The van der Waals surface area contributed by atoms with Crippen molar-refractivity contribution in [3.8, 4) is 6.07 Å². The molecule has 0 unspecified atom stereocenters. The molecule has 0 atom stereocenters. The second-order valence-corrected chi connectivity index (χ2v) is 5.63. The highest BCUT2D eigenvalue weighted by Crippen LogP contribution is 2.39. The molecule has 0 aliphatic heterocycles. The molecule has 0 saturated heterocycles. The number of hydrogen-bond acceptors (Lipinski definition) is 2. The average molecular weight is 256 g/mol. The van der Waals surface area contributed by atoms with Crippen LogP contribution in [-0.4, -0.2) is 5.91 Å². The Morgan fingerprint density at radius 1 is 1.21 bits per heavy atom. The van der Waals surface area contributed by atoms with Crippen molar-refractivity contribution in [1.29, 1.82) is 5.26 Å². The number of benzene rings is 1. The van der Waals surface area contributed by atoms with Crippen molar-refractivity contribution in [2.75, 3.05) is 5.32 Å². The topological polar surface area (TPSA) is 52.9 Å². The molecule has 1 fully saturated rings. The highest BCUT2D eigenvalue weighted by atomic mass is 16.2. The van der Waals surface area contributed by atoms with Crippen LogP contribution in [0.1, 0.15) is 42.4 Å². The van der Waals surface area contributed by atoms with E-state index in [1.54, 1.807) is 0 Å².